The number of rotatable bonds is 28. The van der Waals surface area contributed by atoms with Crippen molar-refractivity contribution in [2.45, 2.75) is 92.9 Å². The summed E-state index contributed by atoms with van der Waals surface area (Å²) >= 11 is 0. The van der Waals surface area contributed by atoms with Crippen LogP contribution in [0.5, 0.6) is 0 Å². The van der Waals surface area contributed by atoms with Crippen molar-refractivity contribution in [3.05, 3.63) is 0 Å². The van der Waals surface area contributed by atoms with Crippen LogP contribution in [-0.2, 0) is 39.8 Å². The Morgan fingerprint density at radius 2 is 0.857 bits per heavy atom. The van der Waals surface area contributed by atoms with Gasteiger partial charge in [-0.25, -0.2) is 0 Å². The predicted molar refractivity (Wildman–Crippen MR) is 175 cm³/mol. The Hall–Kier alpha value is 0.171. The summed E-state index contributed by atoms with van der Waals surface area (Å²) < 4.78 is 52.7. The van der Waals surface area contributed by atoms with Gasteiger partial charge in [0, 0.05) is 90.1 Å². The molecule has 1 atom stereocenters. The molecule has 0 aromatic heterocycles. The van der Waals surface area contributed by atoms with Crippen LogP contribution < -0.4 is 11.5 Å². The average Bonchev–Trinajstić information content (AvgIpc) is 2.93. The van der Waals surface area contributed by atoms with Gasteiger partial charge in [0.15, 0.2) is 0 Å². The first kappa shape index (κ1) is 44.3. The molecular weight excluding hydrogens is 595 g/mol. The summed E-state index contributed by atoms with van der Waals surface area (Å²) in [6, 6.07) is 2.29. The largest absolute Gasteiger partial charge is 0.502 e. The second-order valence-corrected chi connectivity index (χ2v) is 17.7. The van der Waals surface area contributed by atoms with Gasteiger partial charge in [-0.15, -0.1) is 0 Å². The van der Waals surface area contributed by atoms with E-state index in [-0.39, 0.29) is 6.04 Å². The molecule has 1 unspecified atom stereocenters. The van der Waals surface area contributed by atoms with Gasteiger partial charge in [0.25, 0.3) is 0 Å². The maximum Gasteiger partial charge on any atom is 0.502 e. The van der Waals surface area contributed by atoms with E-state index >= 15 is 0 Å². The summed E-state index contributed by atoms with van der Waals surface area (Å²) in [5.74, 6) is 0. The summed E-state index contributed by atoms with van der Waals surface area (Å²) in [5, 5.41) is 0. The van der Waals surface area contributed by atoms with E-state index in [4.69, 9.17) is 51.3 Å². The number of nitrogens with zero attached hydrogens (tertiary/aromatic N) is 1. The van der Waals surface area contributed by atoms with E-state index in [9.17, 15) is 0 Å². The summed E-state index contributed by atoms with van der Waals surface area (Å²) in [6.07, 6.45) is 0.827. The topological polar surface area (TPSA) is 138 Å². The van der Waals surface area contributed by atoms with Crippen molar-refractivity contribution >= 4 is 26.4 Å². The second-order valence-electron chi connectivity index (χ2n) is 9.47. The van der Waals surface area contributed by atoms with E-state index in [1.54, 1.807) is 0 Å². The zero-order valence-electron chi connectivity index (χ0n) is 28.7. The third kappa shape index (κ3) is 20.2. The van der Waals surface area contributed by atoms with Gasteiger partial charge < -0.3 is 56.2 Å². The molecule has 256 valence electrons. The minimum atomic E-state index is -2.69. The fraction of sp³-hybridized carbons (Fsp3) is 1.00. The van der Waals surface area contributed by atoms with Crippen molar-refractivity contribution in [3.8, 4) is 0 Å². The van der Waals surface area contributed by atoms with Gasteiger partial charge in [-0.05, 0) is 82.3 Å². The molecule has 0 saturated heterocycles. The van der Waals surface area contributed by atoms with Crippen LogP contribution in [0.2, 0.25) is 18.1 Å². The molecule has 0 aliphatic rings. The van der Waals surface area contributed by atoms with Gasteiger partial charge in [-0.1, -0.05) is 0 Å². The third-order valence-corrected chi connectivity index (χ3v) is 15.0. The van der Waals surface area contributed by atoms with E-state index in [0.717, 1.165) is 31.6 Å². The Balaban J connectivity index is 0. The lowest BCUT2D eigenvalue weighted by molar-refractivity contribution is 0.0559. The van der Waals surface area contributed by atoms with Gasteiger partial charge >= 0.3 is 26.4 Å². The van der Waals surface area contributed by atoms with Crippen molar-refractivity contribution in [3.63, 3.8) is 0 Å². The molecule has 0 aromatic carbocycles. The van der Waals surface area contributed by atoms with E-state index in [1.165, 1.54) is 0 Å². The first-order valence-electron chi connectivity index (χ1n) is 16.0. The van der Waals surface area contributed by atoms with Crippen LogP contribution in [0.15, 0.2) is 0 Å². The summed E-state index contributed by atoms with van der Waals surface area (Å²) in [5.41, 5.74) is 11.4. The van der Waals surface area contributed by atoms with Crippen LogP contribution in [0.4, 0.5) is 0 Å². The molecule has 0 amide bonds. The van der Waals surface area contributed by atoms with Crippen LogP contribution >= 0.6 is 0 Å². The molecular formula is C27H67N3O9Si3. The molecule has 12 nitrogen and oxygen atoms in total. The van der Waals surface area contributed by atoms with Gasteiger partial charge in [0.1, 0.15) is 0 Å². The molecule has 4 N–H and O–H groups in total. The van der Waals surface area contributed by atoms with Gasteiger partial charge in [0.05, 0.1) is 6.61 Å². The lowest BCUT2D eigenvalue weighted by Gasteiger charge is -2.31. The predicted octanol–water partition coefficient (Wildman–Crippen LogP) is 3.73. The number of likely N-dealkylation sites (N-methyl/N-ethyl adjacent to an activating group) is 1. The van der Waals surface area contributed by atoms with E-state index in [2.05, 4.69) is 11.9 Å². The van der Waals surface area contributed by atoms with Gasteiger partial charge in [0.2, 0.25) is 0 Å². The normalized spacial score (nSPS) is 13.4. The van der Waals surface area contributed by atoms with Crippen LogP contribution in [0.25, 0.3) is 0 Å². The highest BCUT2D eigenvalue weighted by Crippen LogP contribution is 2.20. The molecule has 0 saturated carbocycles. The summed E-state index contributed by atoms with van der Waals surface area (Å²) in [4.78, 5) is 2.21. The van der Waals surface area contributed by atoms with Gasteiger partial charge in [-0.3, -0.25) is 0 Å². The molecule has 15 heteroatoms. The Morgan fingerprint density at radius 1 is 0.524 bits per heavy atom. The number of nitrogens with two attached hydrogens (primary N) is 2. The Kier molecular flexibility index (Phi) is 29.0. The lowest BCUT2D eigenvalue weighted by Crippen LogP contribution is -2.49. The third-order valence-electron chi connectivity index (χ3n) is 5.87. The van der Waals surface area contributed by atoms with Crippen molar-refractivity contribution in [2.24, 2.45) is 11.5 Å². The molecule has 0 bridgehead atoms. The van der Waals surface area contributed by atoms with Crippen LogP contribution in [-0.4, -0.2) is 123 Å². The maximum atomic E-state index is 6.22. The molecule has 0 aliphatic heterocycles. The smallest absolute Gasteiger partial charge is 0.374 e. The summed E-state index contributed by atoms with van der Waals surface area (Å²) in [6.45, 7) is 25.2. The SMILES string of the molecule is CCO[Si](CCN(C)CCO[Si](CCC(C)N)(OCC)OCC)(OCC)OCC.CCO[Si](CCN)(OCC)OCC. The van der Waals surface area contributed by atoms with E-state index < -0.39 is 26.4 Å². The Morgan fingerprint density at radius 3 is 1.17 bits per heavy atom. The highest BCUT2D eigenvalue weighted by molar-refractivity contribution is 6.61. The monoisotopic (exact) mass is 661 g/mol. The van der Waals surface area contributed by atoms with E-state index in [0.29, 0.717) is 72.1 Å². The molecule has 0 radical (unpaired) electrons. The van der Waals surface area contributed by atoms with Crippen molar-refractivity contribution in [1.29, 1.82) is 0 Å². The van der Waals surface area contributed by atoms with Crippen molar-refractivity contribution in [2.75, 3.05) is 86.1 Å². The minimum Gasteiger partial charge on any atom is -0.374 e. The average molecular weight is 662 g/mol. The number of hydrogen-bond donors (Lipinski definition) is 2. The molecule has 0 spiro atoms. The van der Waals surface area contributed by atoms with Crippen LogP contribution in [0.1, 0.15) is 68.7 Å². The van der Waals surface area contributed by atoms with E-state index in [1.807, 2.05) is 62.3 Å². The molecule has 42 heavy (non-hydrogen) atoms. The second kappa shape index (κ2) is 27.5. The Bertz CT molecular complexity index is 550. The first-order chi connectivity index (χ1) is 20.1. The number of hydrogen-bond acceptors (Lipinski definition) is 12. The maximum absolute atomic E-state index is 6.22. The zero-order valence-corrected chi connectivity index (χ0v) is 31.7. The highest BCUT2D eigenvalue weighted by Gasteiger charge is 2.42. The van der Waals surface area contributed by atoms with Crippen molar-refractivity contribution in [1.82, 2.24) is 4.90 Å². The molecule has 0 heterocycles. The molecule has 0 rings (SSSR count). The highest BCUT2D eigenvalue weighted by atomic mass is 28.4. The quantitative estimate of drug-likeness (QED) is 0.118. The van der Waals surface area contributed by atoms with Crippen LogP contribution in [0.3, 0.4) is 0 Å². The fourth-order valence-electron chi connectivity index (χ4n) is 4.16. The molecule has 0 aromatic rings. The Labute approximate surface area is 261 Å². The summed E-state index contributed by atoms with van der Waals surface area (Å²) in [7, 11) is -5.67. The van der Waals surface area contributed by atoms with Crippen LogP contribution in [0, 0.1) is 0 Å². The fourth-order valence-corrected chi connectivity index (χ4v) is 11.9. The lowest BCUT2D eigenvalue weighted by atomic mass is 10.3. The minimum absolute atomic E-state index is 0.0999. The van der Waals surface area contributed by atoms with Gasteiger partial charge in [-0.2, -0.15) is 0 Å². The molecule has 0 aliphatic carbocycles. The van der Waals surface area contributed by atoms with Crippen molar-refractivity contribution < 1.29 is 39.8 Å². The first-order valence-corrected chi connectivity index (χ1v) is 21.8. The standard InChI is InChI=1S/C19H46N2O6Si2.C8H21NO3Si/c1-8-22-28(23-9-2,17-13-19(6)20)27-16-14-21(7)15-18-29(24-10-3,25-11-4)26-12-5;1-4-10-13(8-7-9,11-5-2)12-6-3/h19H,8-18,20H2,1-7H3;4-9H2,1-3H3. The molecule has 0 fully saturated rings. The zero-order chi connectivity index (χ0) is 32.3.